The van der Waals surface area contributed by atoms with Crippen molar-refractivity contribution in [2.24, 2.45) is 0 Å². The van der Waals surface area contributed by atoms with Crippen LogP contribution in [0.5, 0.6) is 5.75 Å². The molecule has 0 fully saturated rings. The van der Waals surface area contributed by atoms with Crippen LogP contribution in [0, 0.1) is 0 Å². The van der Waals surface area contributed by atoms with Gasteiger partial charge in [0, 0.05) is 6.54 Å². The lowest BCUT2D eigenvalue weighted by Gasteiger charge is -2.07. The van der Waals surface area contributed by atoms with Crippen molar-refractivity contribution in [3.05, 3.63) is 53.1 Å². The predicted octanol–water partition coefficient (Wildman–Crippen LogP) is 2.43. The Bertz CT molecular complexity index is 502. The molecule has 2 rings (SSSR count). The Balaban J connectivity index is 1.97. The van der Waals surface area contributed by atoms with Crippen LogP contribution in [-0.4, -0.2) is 17.0 Å². The molecule has 0 radical (unpaired) electrons. The third-order valence-electron chi connectivity index (χ3n) is 2.34. The highest BCUT2D eigenvalue weighted by Crippen LogP contribution is 2.14. The van der Waals surface area contributed by atoms with Crippen LogP contribution in [-0.2, 0) is 13.2 Å². The number of hydrogen-bond donors (Lipinski definition) is 1. The Labute approximate surface area is 111 Å². The zero-order valence-electron chi connectivity index (χ0n) is 10.1. The van der Waals surface area contributed by atoms with Crippen molar-refractivity contribution in [1.82, 2.24) is 15.3 Å². The summed E-state index contributed by atoms with van der Waals surface area (Å²) in [7, 11) is 1.91. The molecular formula is C13H14ClN3O. The fraction of sp³-hybridized carbons (Fsp3) is 0.231. The van der Waals surface area contributed by atoms with E-state index in [0.29, 0.717) is 11.8 Å². The number of nitrogens with one attached hydrogen (secondary N) is 1. The number of benzene rings is 1. The molecule has 0 unspecified atom stereocenters. The highest BCUT2D eigenvalue weighted by Gasteiger charge is 1.99. The van der Waals surface area contributed by atoms with E-state index in [-0.39, 0.29) is 0 Å². The van der Waals surface area contributed by atoms with Crippen molar-refractivity contribution in [1.29, 1.82) is 0 Å². The molecule has 0 saturated carbocycles. The normalized spacial score (nSPS) is 10.3. The fourth-order valence-electron chi connectivity index (χ4n) is 1.52. The lowest BCUT2D eigenvalue weighted by molar-refractivity contribution is 0.300. The first-order valence-electron chi connectivity index (χ1n) is 5.60. The van der Waals surface area contributed by atoms with Crippen LogP contribution in [0.1, 0.15) is 11.3 Å². The fourth-order valence-corrected chi connectivity index (χ4v) is 1.62. The molecule has 5 heteroatoms. The van der Waals surface area contributed by atoms with Crippen molar-refractivity contribution in [3.8, 4) is 5.75 Å². The van der Waals surface area contributed by atoms with Gasteiger partial charge < -0.3 is 10.1 Å². The van der Waals surface area contributed by atoms with Crippen LogP contribution in [0.15, 0.2) is 36.7 Å². The molecule has 1 heterocycles. The Morgan fingerprint density at radius 3 is 2.89 bits per heavy atom. The molecule has 0 spiro atoms. The summed E-state index contributed by atoms with van der Waals surface area (Å²) in [6.07, 6.45) is 3.12. The summed E-state index contributed by atoms with van der Waals surface area (Å²) in [5, 5.41) is 3.48. The first kappa shape index (κ1) is 12.8. The second kappa shape index (κ2) is 6.33. The maximum Gasteiger partial charge on any atom is 0.147 e. The van der Waals surface area contributed by atoms with Gasteiger partial charge in [-0.2, -0.15) is 0 Å². The molecule has 2 aromatic rings. The largest absolute Gasteiger partial charge is 0.487 e. The predicted molar refractivity (Wildman–Crippen MR) is 70.6 cm³/mol. The van der Waals surface area contributed by atoms with Gasteiger partial charge in [-0.15, -0.1) is 0 Å². The number of ether oxygens (including phenoxy) is 1. The zero-order valence-corrected chi connectivity index (χ0v) is 10.8. The van der Waals surface area contributed by atoms with Crippen molar-refractivity contribution in [3.63, 3.8) is 0 Å². The first-order chi connectivity index (χ1) is 8.78. The Morgan fingerprint density at radius 1 is 1.28 bits per heavy atom. The van der Waals surface area contributed by atoms with Gasteiger partial charge in [0.1, 0.15) is 17.5 Å². The van der Waals surface area contributed by atoms with Gasteiger partial charge in [-0.1, -0.05) is 23.7 Å². The molecule has 94 valence electrons. The van der Waals surface area contributed by atoms with Gasteiger partial charge >= 0.3 is 0 Å². The maximum absolute atomic E-state index is 5.66. The smallest absolute Gasteiger partial charge is 0.147 e. The second-order valence-electron chi connectivity index (χ2n) is 3.80. The van der Waals surface area contributed by atoms with E-state index in [1.165, 1.54) is 11.8 Å². The molecule has 0 aliphatic rings. The van der Waals surface area contributed by atoms with Gasteiger partial charge in [0.2, 0.25) is 0 Å². The summed E-state index contributed by atoms with van der Waals surface area (Å²) in [4.78, 5) is 8.07. The van der Waals surface area contributed by atoms with Crippen LogP contribution < -0.4 is 10.1 Å². The minimum atomic E-state index is 0.382. The molecule has 4 nitrogen and oxygen atoms in total. The van der Waals surface area contributed by atoms with E-state index in [9.17, 15) is 0 Å². The Morgan fingerprint density at radius 2 is 2.17 bits per heavy atom. The molecule has 0 amide bonds. The standard InChI is InChI=1S/C13H14ClN3O/c1-15-6-10-3-2-4-12(5-10)18-9-11-7-17-13(14)8-16-11/h2-5,7-8,15H,6,9H2,1H3. The van der Waals surface area contributed by atoms with Crippen LogP contribution >= 0.6 is 11.6 Å². The maximum atomic E-state index is 5.66. The van der Waals surface area contributed by atoms with Crippen LogP contribution in [0.3, 0.4) is 0 Å². The minimum Gasteiger partial charge on any atom is -0.487 e. The van der Waals surface area contributed by atoms with Crippen LogP contribution in [0.25, 0.3) is 0 Å². The molecule has 18 heavy (non-hydrogen) atoms. The molecular weight excluding hydrogens is 250 g/mol. The van der Waals surface area contributed by atoms with Crippen molar-refractivity contribution in [2.45, 2.75) is 13.2 Å². The van der Waals surface area contributed by atoms with E-state index in [0.717, 1.165) is 18.0 Å². The van der Waals surface area contributed by atoms with E-state index < -0.39 is 0 Å². The lowest BCUT2D eigenvalue weighted by atomic mass is 10.2. The number of rotatable bonds is 5. The van der Waals surface area contributed by atoms with E-state index in [2.05, 4.69) is 15.3 Å². The summed E-state index contributed by atoms with van der Waals surface area (Å²) < 4.78 is 5.65. The second-order valence-corrected chi connectivity index (χ2v) is 4.18. The summed E-state index contributed by atoms with van der Waals surface area (Å²) in [6, 6.07) is 7.93. The number of aromatic nitrogens is 2. The van der Waals surface area contributed by atoms with Crippen molar-refractivity contribution >= 4 is 11.6 Å². The topological polar surface area (TPSA) is 47.0 Å². The van der Waals surface area contributed by atoms with Gasteiger partial charge in [-0.3, -0.25) is 4.98 Å². The average molecular weight is 264 g/mol. The van der Waals surface area contributed by atoms with Crippen molar-refractivity contribution < 1.29 is 4.74 Å². The Hall–Kier alpha value is -1.65. The minimum absolute atomic E-state index is 0.382. The van der Waals surface area contributed by atoms with E-state index in [4.69, 9.17) is 16.3 Å². The number of nitrogens with zero attached hydrogens (tertiary/aromatic N) is 2. The highest BCUT2D eigenvalue weighted by atomic mass is 35.5. The SMILES string of the molecule is CNCc1cccc(OCc2cnc(Cl)cn2)c1. The van der Waals surface area contributed by atoms with Gasteiger partial charge in [-0.05, 0) is 24.7 Å². The molecule has 1 aromatic carbocycles. The zero-order chi connectivity index (χ0) is 12.8. The highest BCUT2D eigenvalue weighted by molar-refractivity contribution is 6.29. The lowest BCUT2D eigenvalue weighted by Crippen LogP contribution is -2.05. The summed E-state index contributed by atoms with van der Waals surface area (Å²) in [5.74, 6) is 0.819. The molecule has 0 aliphatic heterocycles. The molecule has 0 bridgehead atoms. The van der Waals surface area contributed by atoms with Gasteiger partial charge in [0.15, 0.2) is 0 Å². The van der Waals surface area contributed by atoms with Gasteiger partial charge in [0.25, 0.3) is 0 Å². The number of hydrogen-bond acceptors (Lipinski definition) is 4. The van der Waals surface area contributed by atoms with E-state index >= 15 is 0 Å². The van der Waals surface area contributed by atoms with Gasteiger partial charge in [-0.25, -0.2) is 4.98 Å². The molecule has 0 saturated heterocycles. The third-order valence-corrected chi connectivity index (χ3v) is 2.54. The van der Waals surface area contributed by atoms with Crippen molar-refractivity contribution in [2.75, 3.05) is 7.05 Å². The molecule has 1 N–H and O–H groups in total. The molecule has 0 atom stereocenters. The van der Waals surface area contributed by atoms with E-state index in [1.54, 1.807) is 6.20 Å². The third kappa shape index (κ3) is 3.68. The quantitative estimate of drug-likeness (QED) is 0.900. The molecule has 1 aromatic heterocycles. The average Bonchev–Trinajstić information content (AvgIpc) is 2.39. The summed E-state index contributed by atoms with van der Waals surface area (Å²) >= 11 is 5.66. The van der Waals surface area contributed by atoms with Crippen LogP contribution in [0.2, 0.25) is 5.15 Å². The monoisotopic (exact) mass is 263 g/mol. The van der Waals surface area contributed by atoms with Crippen LogP contribution in [0.4, 0.5) is 0 Å². The summed E-state index contributed by atoms with van der Waals surface area (Å²) in [5.41, 5.74) is 1.93. The molecule has 0 aliphatic carbocycles. The Kier molecular flexibility index (Phi) is 4.50. The number of halogens is 1. The van der Waals surface area contributed by atoms with Gasteiger partial charge in [0.05, 0.1) is 18.1 Å². The van der Waals surface area contributed by atoms with E-state index in [1.807, 2.05) is 31.3 Å². The summed E-state index contributed by atoms with van der Waals surface area (Å²) in [6.45, 7) is 1.20. The first-order valence-corrected chi connectivity index (χ1v) is 5.98.